The Morgan fingerprint density at radius 1 is 1.58 bits per heavy atom. The maximum atomic E-state index is 11.0. The van der Waals surface area contributed by atoms with Crippen LogP contribution < -0.4 is 11.3 Å². The van der Waals surface area contributed by atoms with Gasteiger partial charge in [-0.1, -0.05) is 15.0 Å². The van der Waals surface area contributed by atoms with Crippen molar-refractivity contribution in [2.75, 3.05) is 0 Å². The van der Waals surface area contributed by atoms with Crippen LogP contribution in [-0.2, 0) is 0 Å². The van der Waals surface area contributed by atoms with Gasteiger partial charge in [0.05, 0.1) is 0 Å². The number of nitrogens with two attached hydrogens (primary N) is 1. The molecule has 12 heavy (non-hydrogen) atoms. The molecule has 3 nitrogen and oxygen atoms in total. The fourth-order valence-electron chi connectivity index (χ4n) is 0.769. The summed E-state index contributed by atoms with van der Waals surface area (Å²) in [5.74, 6) is 4.73. The Morgan fingerprint density at radius 3 is 2.92 bits per heavy atom. The lowest BCUT2D eigenvalue weighted by atomic mass is 10.2. The lowest BCUT2D eigenvalue weighted by molar-refractivity contribution is 0.0953. The maximum absolute atomic E-state index is 11.0. The second-order valence-electron chi connectivity index (χ2n) is 2.08. The van der Waals surface area contributed by atoms with E-state index in [0.29, 0.717) is 5.56 Å². The van der Waals surface area contributed by atoms with Gasteiger partial charge >= 0.3 is 0 Å². The van der Waals surface area contributed by atoms with E-state index in [1.165, 1.54) is 0 Å². The zero-order valence-electron chi connectivity index (χ0n) is 6.08. The number of nitrogens with one attached hydrogen (secondary N) is 1. The van der Waals surface area contributed by atoms with Crippen molar-refractivity contribution in [3.63, 3.8) is 0 Å². The normalized spacial score (nSPS) is 9.50. The number of nitrogen functional groups attached to an aromatic ring is 1. The van der Waals surface area contributed by atoms with Crippen LogP contribution in [0.15, 0.2) is 29.2 Å². The largest absolute Gasteiger partial charge is 0.290 e. The van der Waals surface area contributed by atoms with Crippen molar-refractivity contribution >= 4 is 36.0 Å². The van der Waals surface area contributed by atoms with Crippen molar-refractivity contribution in [2.24, 2.45) is 5.84 Å². The van der Waals surface area contributed by atoms with Crippen molar-refractivity contribution in [2.45, 2.75) is 4.90 Å². The Kier molecular flexibility index (Phi) is 3.83. The van der Waals surface area contributed by atoms with E-state index < -0.39 is 0 Å². The van der Waals surface area contributed by atoms with Gasteiger partial charge in [-0.05, 0) is 18.2 Å². The molecule has 64 valence electrons. The van der Waals surface area contributed by atoms with Crippen LogP contribution >= 0.6 is 30.1 Å². The second-order valence-corrected chi connectivity index (χ2v) is 4.03. The van der Waals surface area contributed by atoms with Gasteiger partial charge in [-0.2, -0.15) is 0 Å². The van der Waals surface area contributed by atoms with Crippen LogP contribution in [0.5, 0.6) is 0 Å². The summed E-state index contributed by atoms with van der Waals surface area (Å²) in [6.45, 7) is 0. The van der Waals surface area contributed by atoms with Crippen LogP contribution in [0, 0.1) is 0 Å². The van der Waals surface area contributed by atoms with Crippen molar-refractivity contribution < 1.29 is 4.79 Å². The van der Waals surface area contributed by atoms with Crippen LogP contribution in [0.3, 0.4) is 0 Å². The van der Waals surface area contributed by atoms with Crippen LogP contribution in [0.25, 0.3) is 0 Å². The average Bonchev–Trinajstić information content (AvgIpc) is 2.17. The Morgan fingerprint density at radius 2 is 2.33 bits per heavy atom. The molecule has 1 aromatic rings. The predicted octanol–water partition coefficient (Wildman–Crippen LogP) is 1.73. The quantitative estimate of drug-likeness (QED) is 0.378. The summed E-state index contributed by atoms with van der Waals surface area (Å²) in [5, 5.41) is 0. The highest BCUT2D eigenvalue weighted by molar-refractivity contribution is 14.2. The Labute approximate surface area is 86.6 Å². The van der Waals surface area contributed by atoms with Crippen LogP contribution in [0.4, 0.5) is 0 Å². The Hall–Kier alpha value is -0.270. The van der Waals surface area contributed by atoms with Crippen LogP contribution in [-0.4, -0.2) is 5.91 Å². The lowest BCUT2D eigenvalue weighted by Gasteiger charge is -1.99. The summed E-state index contributed by atoms with van der Waals surface area (Å²) in [6, 6.07) is 7.27. The predicted molar refractivity (Wildman–Crippen MR) is 58.0 cm³/mol. The van der Waals surface area contributed by atoms with Gasteiger partial charge in [0, 0.05) is 31.7 Å². The topological polar surface area (TPSA) is 55.1 Å². The molecule has 1 aromatic carbocycles. The third-order valence-electron chi connectivity index (χ3n) is 1.32. The molecule has 0 spiro atoms. The van der Waals surface area contributed by atoms with Gasteiger partial charge in [0.15, 0.2) is 0 Å². The third-order valence-corrected chi connectivity index (χ3v) is 3.27. The summed E-state index contributed by atoms with van der Waals surface area (Å²) < 4.78 is 0. The maximum Gasteiger partial charge on any atom is 0.265 e. The number of hydrogen-bond acceptors (Lipinski definition) is 3. The van der Waals surface area contributed by atoms with Gasteiger partial charge in [-0.15, -0.1) is 0 Å². The molecular weight excluding hydrogens is 287 g/mol. The molecule has 0 fully saturated rings. The van der Waals surface area contributed by atoms with E-state index in [0.717, 1.165) is 4.90 Å². The Balaban J connectivity index is 2.93. The molecule has 3 N–H and O–H groups in total. The molecular formula is C7H7IN2OS. The number of amides is 1. The highest BCUT2D eigenvalue weighted by atomic mass is 127. The van der Waals surface area contributed by atoms with Crippen molar-refractivity contribution in [1.82, 2.24) is 5.43 Å². The molecule has 0 aliphatic heterocycles. The van der Waals surface area contributed by atoms with Crippen molar-refractivity contribution in [3.8, 4) is 0 Å². The number of hydrogen-bond donors (Lipinski definition) is 2. The highest BCUT2D eigenvalue weighted by Crippen LogP contribution is 2.25. The fraction of sp³-hybridized carbons (Fsp3) is 0. The molecule has 0 heterocycles. The van der Waals surface area contributed by atoms with Gasteiger partial charge in [0.1, 0.15) is 0 Å². The number of hydrazine groups is 1. The summed E-state index contributed by atoms with van der Waals surface area (Å²) >= 11 is 2.16. The van der Waals surface area contributed by atoms with Crippen molar-refractivity contribution in [3.05, 3.63) is 29.8 Å². The summed E-state index contributed by atoms with van der Waals surface area (Å²) in [7, 11) is 1.56. The first kappa shape index (κ1) is 9.82. The van der Waals surface area contributed by atoms with E-state index in [1.54, 1.807) is 21.1 Å². The molecule has 0 aromatic heterocycles. The second kappa shape index (κ2) is 4.68. The van der Waals surface area contributed by atoms with E-state index in [1.807, 2.05) is 12.1 Å². The fourth-order valence-corrected chi connectivity index (χ4v) is 1.89. The molecule has 0 radical (unpaired) electrons. The van der Waals surface area contributed by atoms with Gasteiger partial charge in [0.25, 0.3) is 5.91 Å². The summed E-state index contributed by atoms with van der Waals surface area (Å²) in [4.78, 5) is 12.1. The molecule has 5 heteroatoms. The smallest absolute Gasteiger partial charge is 0.265 e. The SMILES string of the molecule is NNC(=O)c1cccc(SI)c1. The van der Waals surface area contributed by atoms with E-state index in [4.69, 9.17) is 5.84 Å². The molecule has 0 saturated heterocycles. The highest BCUT2D eigenvalue weighted by Gasteiger charge is 2.02. The first-order valence-corrected chi connectivity index (χ1v) is 6.53. The summed E-state index contributed by atoms with van der Waals surface area (Å²) in [5.41, 5.74) is 2.66. The van der Waals surface area contributed by atoms with E-state index in [2.05, 4.69) is 26.6 Å². The van der Waals surface area contributed by atoms with Gasteiger partial charge in [0.2, 0.25) is 0 Å². The van der Waals surface area contributed by atoms with Crippen molar-refractivity contribution in [1.29, 1.82) is 0 Å². The molecule has 0 bridgehead atoms. The zero-order valence-corrected chi connectivity index (χ0v) is 9.06. The number of carbonyl (C=O) groups is 1. The molecule has 0 atom stereocenters. The minimum atomic E-state index is -0.262. The molecule has 0 unspecified atom stereocenters. The lowest BCUT2D eigenvalue weighted by Crippen LogP contribution is -2.29. The molecule has 1 amide bonds. The standard InChI is InChI=1S/C7H7IN2OS/c8-12-6-3-1-2-5(4-6)7(11)10-9/h1-4H,9H2,(H,10,11). The number of carbonyl (C=O) groups excluding carboxylic acids is 1. The zero-order chi connectivity index (χ0) is 8.97. The van der Waals surface area contributed by atoms with Crippen LogP contribution in [0.2, 0.25) is 0 Å². The number of halogens is 1. The third kappa shape index (κ3) is 2.36. The monoisotopic (exact) mass is 294 g/mol. The van der Waals surface area contributed by atoms with E-state index in [-0.39, 0.29) is 5.91 Å². The van der Waals surface area contributed by atoms with Gasteiger partial charge in [-0.3, -0.25) is 10.2 Å². The Bertz CT molecular complexity index is 292. The minimum Gasteiger partial charge on any atom is -0.290 e. The first-order valence-electron chi connectivity index (χ1n) is 3.17. The van der Waals surface area contributed by atoms with Gasteiger partial charge in [-0.25, -0.2) is 5.84 Å². The summed E-state index contributed by atoms with van der Waals surface area (Å²) in [6.07, 6.45) is 0. The minimum absolute atomic E-state index is 0.262. The molecule has 0 aliphatic rings. The molecule has 0 aliphatic carbocycles. The number of benzene rings is 1. The molecule has 1 rings (SSSR count). The van der Waals surface area contributed by atoms with E-state index >= 15 is 0 Å². The number of rotatable bonds is 2. The van der Waals surface area contributed by atoms with Crippen LogP contribution in [0.1, 0.15) is 10.4 Å². The molecule has 0 saturated carbocycles. The van der Waals surface area contributed by atoms with Gasteiger partial charge < -0.3 is 0 Å². The first-order chi connectivity index (χ1) is 5.77. The van der Waals surface area contributed by atoms with E-state index in [9.17, 15) is 4.79 Å². The average molecular weight is 294 g/mol.